The molecule has 0 radical (unpaired) electrons. The van der Waals surface area contributed by atoms with Crippen LogP contribution in [0.2, 0.25) is 0 Å². The van der Waals surface area contributed by atoms with Crippen LogP contribution < -0.4 is 9.88 Å². The van der Waals surface area contributed by atoms with Gasteiger partial charge in [0.05, 0.1) is 12.3 Å². The predicted molar refractivity (Wildman–Crippen MR) is 54.6 cm³/mol. The predicted octanol–water partition coefficient (Wildman–Crippen LogP) is 0.0827. The molecular formula is C9H10N2O4S. The van der Waals surface area contributed by atoms with Crippen molar-refractivity contribution in [1.29, 1.82) is 0 Å². The summed E-state index contributed by atoms with van der Waals surface area (Å²) in [5, 5.41) is 5.01. The van der Waals surface area contributed by atoms with Gasteiger partial charge in [0.2, 0.25) is 10.0 Å². The minimum Gasteiger partial charge on any atom is -0.489 e. The minimum absolute atomic E-state index is 0.0161. The van der Waals surface area contributed by atoms with Crippen molar-refractivity contribution in [2.45, 2.75) is 23.8 Å². The number of rotatable bonds is 4. The molecular weight excluding hydrogens is 232 g/mol. The summed E-state index contributed by atoms with van der Waals surface area (Å²) >= 11 is 0. The van der Waals surface area contributed by atoms with Crippen molar-refractivity contribution in [2.24, 2.45) is 5.14 Å². The van der Waals surface area contributed by atoms with E-state index in [0.29, 0.717) is 6.29 Å². The van der Waals surface area contributed by atoms with Gasteiger partial charge >= 0.3 is 0 Å². The highest BCUT2D eigenvalue weighted by molar-refractivity contribution is 7.89. The number of aromatic nitrogens is 1. The van der Waals surface area contributed by atoms with Crippen molar-refractivity contribution in [3.05, 3.63) is 18.0 Å². The Kier molecular flexibility index (Phi) is 2.64. The largest absolute Gasteiger partial charge is 0.489 e. The lowest BCUT2D eigenvalue weighted by Gasteiger charge is -2.08. The molecule has 0 unspecified atom stereocenters. The first-order valence-corrected chi connectivity index (χ1v) is 6.20. The number of carbonyl (C=O) groups is 1. The second-order valence-corrected chi connectivity index (χ2v) is 5.07. The Hall–Kier alpha value is -1.47. The van der Waals surface area contributed by atoms with Crippen LogP contribution >= 0.6 is 0 Å². The zero-order valence-electron chi connectivity index (χ0n) is 8.29. The molecule has 1 aliphatic rings. The molecule has 16 heavy (non-hydrogen) atoms. The fourth-order valence-electron chi connectivity index (χ4n) is 1.18. The van der Waals surface area contributed by atoms with Gasteiger partial charge in [0, 0.05) is 6.07 Å². The fraction of sp³-hybridized carbons (Fsp3) is 0.333. The number of pyridine rings is 1. The lowest BCUT2D eigenvalue weighted by atomic mass is 10.3. The summed E-state index contributed by atoms with van der Waals surface area (Å²) < 4.78 is 27.8. The molecule has 0 aliphatic heterocycles. The second kappa shape index (κ2) is 3.84. The van der Waals surface area contributed by atoms with Gasteiger partial charge in [-0.1, -0.05) is 0 Å². The molecule has 1 fully saturated rings. The van der Waals surface area contributed by atoms with Crippen LogP contribution in [0.3, 0.4) is 0 Å². The molecule has 0 amide bonds. The highest BCUT2D eigenvalue weighted by Crippen LogP contribution is 2.30. The van der Waals surface area contributed by atoms with E-state index in [1.165, 1.54) is 6.07 Å². The topological polar surface area (TPSA) is 99.4 Å². The monoisotopic (exact) mass is 242 g/mol. The third kappa shape index (κ3) is 2.37. The average Bonchev–Trinajstić information content (AvgIpc) is 3.00. The van der Waals surface area contributed by atoms with E-state index in [2.05, 4.69) is 4.98 Å². The lowest BCUT2D eigenvalue weighted by molar-refractivity contribution is 0.111. The van der Waals surface area contributed by atoms with E-state index in [4.69, 9.17) is 9.88 Å². The van der Waals surface area contributed by atoms with Gasteiger partial charge < -0.3 is 4.74 Å². The first-order chi connectivity index (χ1) is 7.50. The molecule has 86 valence electrons. The molecule has 0 saturated heterocycles. The molecule has 1 aromatic rings. The number of nitrogens with two attached hydrogens (primary N) is 1. The zero-order valence-corrected chi connectivity index (χ0v) is 9.11. The molecule has 2 rings (SSSR count). The fourth-order valence-corrected chi connectivity index (χ4v) is 1.76. The molecule has 1 heterocycles. The first-order valence-electron chi connectivity index (χ1n) is 4.65. The Bertz CT molecular complexity index is 522. The summed E-state index contributed by atoms with van der Waals surface area (Å²) in [6.45, 7) is 0. The maximum absolute atomic E-state index is 11.2. The smallest absolute Gasteiger partial charge is 0.243 e. The molecule has 0 atom stereocenters. The van der Waals surface area contributed by atoms with Crippen LogP contribution in [0.25, 0.3) is 0 Å². The number of hydrogen-bond donors (Lipinski definition) is 1. The number of nitrogens with zero attached hydrogens (tertiary/aromatic N) is 1. The Morgan fingerprint density at radius 2 is 2.19 bits per heavy atom. The van der Waals surface area contributed by atoms with Gasteiger partial charge in [0.25, 0.3) is 0 Å². The summed E-state index contributed by atoms with van der Waals surface area (Å²) in [4.78, 5) is 14.0. The molecule has 1 aliphatic carbocycles. The number of aldehydes is 1. The van der Waals surface area contributed by atoms with Crippen LogP contribution in [0.4, 0.5) is 0 Å². The standard InChI is InChI=1S/C9H10N2O4S/c10-16(13,14)9-4-11-6(5-12)3-8(9)15-7-1-2-7/h3-5,7H,1-2H2,(H2,10,13,14). The Morgan fingerprint density at radius 1 is 1.50 bits per heavy atom. The van der Waals surface area contributed by atoms with E-state index in [0.717, 1.165) is 19.0 Å². The molecule has 0 spiro atoms. The summed E-state index contributed by atoms with van der Waals surface area (Å²) in [7, 11) is -3.88. The van der Waals surface area contributed by atoms with Crippen molar-refractivity contribution in [1.82, 2.24) is 4.98 Å². The van der Waals surface area contributed by atoms with Gasteiger partial charge in [-0.25, -0.2) is 13.6 Å². The summed E-state index contributed by atoms with van der Waals surface area (Å²) in [6, 6.07) is 1.28. The Morgan fingerprint density at radius 3 is 2.69 bits per heavy atom. The summed E-state index contributed by atoms with van der Waals surface area (Å²) in [6.07, 6.45) is 3.33. The van der Waals surface area contributed by atoms with E-state index in [-0.39, 0.29) is 22.4 Å². The summed E-state index contributed by atoms with van der Waals surface area (Å²) in [5.74, 6) is 0.0992. The third-order valence-electron chi connectivity index (χ3n) is 2.10. The molecule has 6 nitrogen and oxygen atoms in total. The molecule has 7 heteroatoms. The molecule has 0 aromatic carbocycles. The van der Waals surface area contributed by atoms with Gasteiger partial charge in [-0.2, -0.15) is 0 Å². The van der Waals surface area contributed by atoms with E-state index in [1.54, 1.807) is 0 Å². The van der Waals surface area contributed by atoms with Gasteiger partial charge in [-0.3, -0.25) is 9.78 Å². The number of ether oxygens (including phenoxy) is 1. The highest BCUT2D eigenvalue weighted by atomic mass is 32.2. The first kappa shape index (κ1) is 11.0. The van der Waals surface area contributed by atoms with Gasteiger partial charge in [0.15, 0.2) is 6.29 Å². The molecule has 2 N–H and O–H groups in total. The zero-order chi connectivity index (χ0) is 11.8. The van der Waals surface area contributed by atoms with Crippen LogP contribution in [0.5, 0.6) is 5.75 Å². The van der Waals surface area contributed by atoms with E-state index >= 15 is 0 Å². The lowest BCUT2D eigenvalue weighted by Crippen LogP contribution is -2.15. The van der Waals surface area contributed by atoms with Crippen molar-refractivity contribution < 1.29 is 17.9 Å². The van der Waals surface area contributed by atoms with Gasteiger partial charge in [-0.05, 0) is 12.8 Å². The minimum atomic E-state index is -3.88. The van der Waals surface area contributed by atoms with Gasteiger partial charge in [-0.15, -0.1) is 0 Å². The number of primary sulfonamides is 1. The Labute approximate surface area is 92.5 Å². The second-order valence-electron chi connectivity index (χ2n) is 3.54. The molecule has 1 aromatic heterocycles. The highest BCUT2D eigenvalue weighted by Gasteiger charge is 2.27. The molecule has 1 saturated carbocycles. The van der Waals surface area contributed by atoms with E-state index in [9.17, 15) is 13.2 Å². The van der Waals surface area contributed by atoms with E-state index < -0.39 is 10.0 Å². The SMILES string of the molecule is NS(=O)(=O)c1cnc(C=O)cc1OC1CC1. The van der Waals surface area contributed by atoms with Crippen LogP contribution in [0.15, 0.2) is 17.2 Å². The normalized spacial score (nSPS) is 15.8. The van der Waals surface area contributed by atoms with Crippen molar-refractivity contribution in [3.63, 3.8) is 0 Å². The van der Waals surface area contributed by atoms with Crippen molar-refractivity contribution in [3.8, 4) is 5.75 Å². The van der Waals surface area contributed by atoms with Crippen LogP contribution in [-0.4, -0.2) is 25.8 Å². The maximum Gasteiger partial charge on any atom is 0.243 e. The maximum atomic E-state index is 11.2. The summed E-state index contributed by atoms with van der Waals surface area (Å²) in [5.41, 5.74) is 0.114. The van der Waals surface area contributed by atoms with Crippen LogP contribution in [0, 0.1) is 0 Å². The quantitative estimate of drug-likeness (QED) is 0.754. The van der Waals surface area contributed by atoms with Crippen LogP contribution in [0.1, 0.15) is 23.3 Å². The van der Waals surface area contributed by atoms with Crippen molar-refractivity contribution in [2.75, 3.05) is 0 Å². The number of carbonyl (C=O) groups excluding carboxylic acids is 1. The number of sulfonamides is 1. The third-order valence-corrected chi connectivity index (χ3v) is 3.02. The number of hydrogen-bond acceptors (Lipinski definition) is 5. The molecule has 0 bridgehead atoms. The van der Waals surface area contributed by atoms with Crippen molar-refractivity contribution >= 4 is 16.3 Å². The Balaban J connectivity index is 2.45. The van der Waals surface area contributed by atoms with Gasteiger partial charge in [0.1, 0.15) is 16.3 Å². The van der Waals surface area contributed by atoms with Crippen LogP contribution in [-0.2, 0) is 10.0 Å². The van der Waals surface area contributed by atoms with E-state index in [1.807, 2.05) is 0 Å². The average molecular weight is 242 g/mol.